The van der Waals surface area contributed by atoms with Gasteiger partial charge < -0.3 is 5.73 Å². The summed E-state index contributed by atoms with van der Waals surface area (Å²) in [7, 11) is 0. The maximum atomic E-state index is 9.62. The molecule has 0 bridgehead atoms. The number of aromatic nitrogens is 1. The summed E-state index contributed by atoms with van der Waals surface area (Å²) in [5.41, 5.74) is 11.2. The molecule has 1 aliphatic carbocycles. The van der Waals surface area contributed by atoms with E-state index in [9.17, 15) is 5.26 Å². The zero-order chi connectivity index (χ0) is 16.6. The lowest BCUT2D eigenvalue weighted by Gasteiger charge is -2.35. The second-order valence-electron chi connectivity index (χ2n) is 7.46. The van der Waals surface area contributed by atoms with Crippen molar-refractivity contribution in [1.29, 1.82) is 5.26 Å². The summed E-state index contributed by atoms with van der Waals surface area (Å²) in [6.07, 6.45) is 3.03. The van der Waals surface area contributed by atoms with E-state index in [-0.39, 0.29) is 5.41 Å². The number of nitriles is 1. The summed E-state index contributed by atoms with van der Waals surface area (Å²) in [4.78, 5) is 4.54. The lowest BCUT2D eigenvalue weighted by atomic mass is 9.70. The Hall–Kier alpha value is -2.34. The highest BCUT2D eigenvalue weighted by molar-refractivity contribution is 5.79. The zero-order valence-electron chi connectivity index (χ0n) is 14.1. The van der Waals surface area contributed by atoms with E-state index in [1.54, 1.807) is 0 Å². The van der Waals surface area contributed by atoms with Gasteiger partial charge in [-0.05, 0) is 41.7 Å². The standard InChI is InChI=1S/C20H23N3/c1-20(2,3)14-9-10-17-15(11-14)18(13-7-5-4-6-8-13)16(12-21)19(22)23-17/h4-8,14H,9-11H2,1-3H3,(H2,22,23). The summed E-state index contributed by atoms with van der Waals surface area (Å²) in [6.45, 7) is 6.88. The monoisotopic (exact) mass is 305 g/mol. The Kier molecular flexibility index (Phi) is 3.85. The summed E-state index contributed by atoms with van der Waals surface area (Å²) in [6, 6.07) is 12.4. The van der Waals surface area contributed by atoms with Crippen LogP contribution in [0.4, 0.5) is 5.82 Å². The third kappa shape index (κ3) is 2.82. The van der Waals surface area contributed by atoms with E-state index in [1.165, 1.54) is 5.56 Å². The number of nitrogen functional groups attached to an aromatic ring is 1. The first kappa shape index (κ1) is 15.6. The maximum Gasteiger partial charge on any atom is 0.142 e. The van der Waals surface area contributed by atoms with Gasteiger partial charge in [-0.25, -0.2) is 4.98 Å². The molecule has 0 spiro atoms. The molecule has 1 atom stereocenters. The fourth-order valence-corrected chi connectivity index (χ4v) is 3.55. The Morgan fingerprint density at radius 1 is 1.22 bits per heavy atom. The molecule has 23 heavy (non-hydrogen) atoms. The first-order chi connectivity index (χ1) is 10.9. The van der Waals surface area contributed by atoms with E-state index >= 15 is 0 Å². The van der Waals surface area contributed by atoms with Gasteiger partial charge in [0.25, 0.3) is 0 Å². The van der Waals surface area contributed by atoms with E-state index in [2.05, 4.69) is 44.0 Å². The third-order valence-corrected chi connectivity index (χ3v) is 4.99. The number of nitrogens with two attached hydrogens (primary N) is 1. The van der Waals surface area contributed by atoms with Gasteiger partial charge in [-0.2, -0.15) is 5.26 Å². The molecule has 0 fully saturated rings. The molecule has 2 N–H and O–H groups in total. The molecule has 3 heteroatoms. The molecule has 0 saturated carbocycles. The van der Waals surface area contributed by atoms with Crippen LogP contribution in [-0.2, 0) is 12.8 Å². The number of pyridine rings is 1. The van der Waals surface area contributed by atoms with E-state index < -0.39 is 0 Å². The van der Waals surface area contributed by atoms with Gasteiger partial charge in [-0.3, -0.25) is 0 Å². The lowest BCUT2D eigenvalue weighted by Crippen LogP contribution is -2.28. The van der Waals surface area contributed by atoms with Crippen LogP contribution in [0.1, 0.15) is 44.0 Å². The topological polar surface area (TPSA) is 62.7 Å². The first-order valence-corrected chi connectivity index (χ1v) is 8.18. The average molecular weight is 305 g/mol. The fourth-order valence-electron chi connectivity index (χ4n) is 3.55. The van der Waals surface area contributed by atoms with Crippen molar-refractivity contribution in [3.63, 3.8) is 0 Å². The molecule has 3 nitrogen and oxygen atoms in total. The van der Waals surface area contributed by atoms with E-state index in [4.69, 9.17) is 5.73 Å². The van der Waals surface area contributed by atoms with Crippen molar-refractivity contribution in [3.05, 3.63) is 47.2 Å². The summed E-state index contributed by atoms with van der Waals surface area (Å²) < 4.78 is 0. The van der Waals surface area contributed by atoms with Gasteiger partial charge >= 0.3 is 0 Å². The van der Waals surface area contributed by atoms with Crippen molar-refractivity contribution >= 4 is 5.82 Å². The summed E-state index contributed by atoms with van der Waals surface area (Å²) >= 11 is 0. The zero-order valence-corrected chi connectivity index (χ0v) is 14.1. The van der Waals surface area contributed by atoms with Crippen LogP contribution in [0.3, 0.4) is 0 Å². The minimum absolute atomic E-state index is 0.250. The third-order valence-electron chi connectivity index (χ3n) is 4.99. The van der Waals surface area contributed by atoms with Crippen molar-refractivity contribution in [2.45, 2.75) is 40.0 Å². The molecule has 1 heterocycles. The number of fused-ring (bicyclic) bond motifs is 1. The molecule has 1 aliphatic rings. The molecule has 2 aromatic rings. The van der Waals surface area contributed by atoms with Gasteiger partial charge in [-0.1, -0.05) is 51.1 Å². The molecular weight excluding hydrogens is 282 g/mol. The first-order valence-electron chi connectivity index (χ1n) is 8.18. The quantitative estimate of drug-likeness (QED) is 0.851. The number of aryl methyl sites for hydroxylation is 1. The number of rotatable bonds is 1. The van der Waals surface area contributed by atoms with Crippen LogP contribution in [0.2, 0.25) is 0 Å². The minimum Gasteiger partial charge on any atom is -0.383 e. The highest BCUT2D eigenvalue weighted by atomic mass is 14.9. The van der Waals surface area contributed by atoms with Crippen LogP contribution in [0.25, 0.3) is 11.1 Å². The van der Waals surface area contributed by atoms with Crippen molar-refractivity contribution in [1.82, 2.24) is 4.98 Å². The maximum absolute atomic E-state index is 9.62. The van der Waals surface area contributed by atoms with Gasteiger partial charge in [0.2, 0.25) is 0 Å². The predicted octanol–water partition coefficient (Wildman–Crippen LogP) is 4.35. The molecule has 1 aromatic heterocycles. The van der Waals surface area contributed by atoms with Gasteiger partial charge in [-0.15, -0.1) is 0 Å². The smallest absolute Gasteiger partial charge is 0.142 e. The molecule has 3 rings (SSSR count). The Balaban J connectivity index is 2.22. The van der Waals surface area contributed by atoms with Crippen molar-refractivity contribution in [2.24, 2.45) is 11.3 Å². The molecular formula is C20H23N3. The van der Waals surface area contributed by atoms with Crippen LogP contribution >= 0.6 is 0 Å². The lowest BCUT2D eigenvalue weighted by molar-refractivity contribution is 0.215. The second-order valence-corrected chi connectivity index (χ2v) is 7.46. The van der Waals surface area contributed by atoms with E-state index in [1.807, 2.05) is 18.2 Å². The van der Waals surface area contributed by atoms with Crippen molar-refractivity contribution in [2.75, 3.05) is 5.73 Å². The Labute approximate surface area is 138 Å². The van der Waals surface area contributed by atoms with Gasteiger partial charge in [0, 0.05) is 11.3 Å². The molecule has 0 radical (unpaired) electrons. The largest absolute Gasteiger partial charge is 0.383 e. The normalized spacial score (nSPS) is 17.4. The molecule has 1 aromatic carbocycles. The Morgan fingerprint density at radius 2 is 1.91 bits per heavy atom. The molecule has 0 amide bonds. The predicted molar refractivity (Wildman–Crippen MR) is 93.8 cm³/mol. The summed E-state index contributed by atoms with van der Waals surface area (Å²) in [5, 5.41) is 9.62. The average Bonchev–Trinajstić information content (AvgIpc) is 2.53. The van der Waals surface area contributed by atoms with Crippen LogP contribution in [0, 0.1) is 22.7 Å². The number of nitrogens with zero attached hydrogens (tertiary/aromatic N) is 2. The molecule has 0 saturated heterocycles. The SMILES string of the molecule is CC(C)(C)C1CCc2nc(N)c(C#N)c(-c3ccccc3)c2C1. The molecule has 118 valence electrons. The van der Waals surface area contributed by atoms with Crippen LogP contribution in [0.5, 0.6) is 0 Å². The van der Waals surface area contributed by atoms with Gasteiger partial charge in [0.15, 0.2) is 0 Å². The number of anilines is 1. The highest BCUT2D eigenvalue weighted by Crippen LogP contribution is 2.42. The van der Waals surface area contributed by atoms with Crippen molar-refractivity contribution in [3.8, 4) is 17.2 Å². The van der Waals surface area contributed by atoms with E-state index in [0.29, 0.717) is 17.3 Å². The number of benzene rings is 1. The fraction of sp³-hybridized carbons (Fsp3) is 0.400. The molecule has 1 unspecified atom stereocenters. The Bertz CT molecular complexity index is 764. The number of hydrogen-bond acceptors (Lipinski definition) is 3. The molecule has 0 aliphatic heterocycles. The highest BCUT2D eigenvalue weighted by Gasteiger charge is 2.32. The van der Waals surface area contributed by atoms with Crippen molar-refractivity contribution < 1.29 is 0 Å². The van der Waals surface area contributed by atoms with Gasteiger partial charge in [0.1, 0.15) is 17.5 Å². The van der Waals surface area contributed by atoms with Gasteiger partial charge in [0.05, 0.1) is 0 Å². The minimum atomic E-state index is 0.250. The number of hydrogen-bond donors (Lipinski definition) is 1. The van der Waals surface area contributed by atoms with Crippen LogP contribution in [0.15, 0.2) is 30.3 Å². The summed E-state index contributed by atoms with van der Waals surface area (Å²) in [5.74, 6) is 0.953. The second kappa shape index (κ2) is 5.70. The van der Waals surface area contributed by atoms with Crippen LogP contribution < -0.4 is 5.73 Å². The Morgan fingerprint density at radius 3 is 2.52 bits per heavy atom. The van der Waals surface area contributed by atoms with E-state index in [0.717, 1.165) is 36.1 Å². The van der Waals surface area contributed by atoms with Crippen LogP contribution in [-0.4, -0.2) is 4.98 Å².